The molecule has 96 valence electrons. The molecule has 0 radical (unpaired) electrons. The van der Waals surface area contributed by atoms with Gasteiger partial charge in [-0.1, -0.05) is 6.92 Å². The predicted octanol–water partition coefficient (Wildman–Crippen LogP) is 2.04. The maximum absolute atomic E-state index is 4.41. The van der Waals surface area contributed by atoms with E-state index in [9.17, 15) is 0 Å². The fourth-order valence-corrected chi connectivity index (χ4v) is 2.59. The molecule has 1 fully saturated rings. The fourth-order valence-electron chi connectivity index (χ4n) is 2.59. The summed E-state index contributed by atoms with van der Waals surface area (Å²) in [5, 5.41) is 7.76. The monoisotopic (exact) mass is 236 g/mol. The summed E-state index contributed by atoms with van der Waals surface area (Å²) < 4.78 is 2.06. The Morgan fingerprint density at radius 1 is 1.41 bits per heavy atom. The normalized spacial score (nSPS) is 24.0. The van der Waals surface area contributed by atoms with Crippen LogP contribution in [0, 0.1) is 11.8 Å². The standard InChI is InChI=1S/C13H24N4/c1-4-14-8-12-6-5-11(12)7-13-15-9-16-17(13)10(2)3/h9-12,14H,4-8H2,1-3H3. The molecular formula is C13H24N4. The zero-order valence-corrected chi connectivity index (χ0v) is 11.2. The SMILES string of the molecule is CCNCC1CCC1Cc1ncnn1C(C)C. The van der Waals surface area contributed by atoms with Gasteiger partial charge in [-0.25, -0.2) is 9.67 Å². The molecule has 2 unspecified atom stereocenters. The van der Waals surface area contributed by atoms with E-state index in [1.165, 1.54) is 12.8 Å². The van der Waals surface area contributed by atoms with E-state index >= 15 is 0 Å². The molecule has 0 bridgehead atoms. The highest BCUT2D eigenvalue weighted by Gasteiger charge is 2.31. The van der Waals surface area contributed by atoms with Crippen molar-refractivity contribution in [2.24, 2.45) is 11.8 Å². The van der Waals surface area contributed by atoms with E-state index in [2.05, 4.69) is 40.9 Å². The highest BCUT2D eigenvalue weighted by atomic mass is 15.3. The van der Waals surface area contributed by atoms with Crippen molar-refractivity contribution in [1.29, 1.82) is 0 Å². The highest BCUT2D eigenvalue weighted by molar-refractivity contribution is 4.94. The number of aromatic nitrogens is 3. The summed E-state index contributed by atoms with van der Waals surface area (Å²) in [5.74, 6) is 2.80. The predicted molar refractivity (Wildman–Crippen MR) is 68.9 cm³/mol. The molecule has 0 spiro atoms. The Hall–Kier alpha value is -0.900. The van der Waals surface area contributed by atoms with Gasteiger partial charge in [0, 0.05) is 12.5 Å². The van der Waals surface area contributed by atoms with Crippen molar-refractivity contribution >= 4 is 0 Å². The van der Waals surface area contributed by atoms with Crippen LogP contribution in [0.5, 0.6) is 0 Å². The summed E-state index contributed by atoms with van der Waals surface area (Å²) in [7, 11) is 0. The molecule has 1 aliphatic carbocycles. The van der Waals surface area contributed by atoms with Crippen LogP contribution in [0.3, 0.4) is 0 Å². The van der Waals surface area contributed by atoms with Crippen LogP contribution >= 0.6 is 0 Å². The highest BCUT2D eigenvalue weighted by Crippen LogP contribution is 2.36. The Labute approximate surface area is 104 Å². The van der Waals surface area contributed by atoms with Gasteiger partial charge in [0.25, 0.3) is 0 Å². The molecule has 1 aliphatic rings. The summed E-state index contributed by atoms with van der Waals surface area (Å²) in [4.78, 5) is 4.41. The molecule has 2 rings (SSSR count). The van der Waals surface area contributed by atoms with Gasteiger partial charge in [0.15, 0.2) is 0 Å². The maximum atomic E-state index is 4.41. The Morgan fingerprint density at radius 3 is 2.76 bits per heavy atom. The van der Waals surface area contributed by atoms with Crippen molar-refractivity contribution in [2.75, 3.05) is 13.1 Å². The smallest absolute Gasteiger partial charge is 0.138 e. The molecular weight excluding hydrogens is 212 g/mol. The van der Waals surface area contributed by atoms with E-state index in [-0.39, 0.29) is 0 Å². The van der Waals surface area contributed by atoms with Gasteiger partial charge >= 0.3 is 0 Å². The first-order valence-corrected chi connectivity index (χ1v) is 6.81. The van der Waals surface area contributed by atoms with Crippen LogP contribution in [0.4, 0.5) is 0 Å². The minimum atomic E-state index is 0.416. The van der Waals surface area contributed by atoms with Gasteiger partial charge < -0.3 is 5.32 Å². The lowest BCUT2D eigenvalue weighted by Crippen LogP contribution is -2.36. The average Bonchev–Trinajstić information content (AvgIpc) is 2.73. The first-order valence-electron chi connectivity index (χ1n) is 6.81. The van der Waals surface area contributed by atoms with Crippen molar-refractivity contribution in [3.8, 4) is 0 Å². The van der Waals surface area contributed by atoms with E-state index in [1.54, 1.807) is 6.33 Å². The zero-order chi connectivity index (χ0) is 12.3. The number of nitrogens with zero attached hydrogens (tertiary/aromatic N) is 3. The van der Waals surface area contributed by atoms with Gasteiger partial charge in [-0.05, 0) is 51.6 Å². The molecule has 4 nitrogen and oxygen atoms in total. The zero-order valence-electron chi connectivity index (χ0n) is 11.2. The summed E-state index contributed by atoms with van der Waals surface area (Å²) in [6.45, 7) is 8.73. The van der Waals surface area contributed by atoms with E-state index in [0.717, 1.165) is 37.2 Å². The molecule has 1 N–H and O–H groups in total. The molecule has 1 aromatic rings. The summed E-state index contributed by atoms with van der Waals surface area (Å²) in [6.07, 6.45) is 5.50. The van der Waals surface area contributed by atoms with Crippen LogP contribution in [-0.2, 0) is 6.42 Å². The molecule has 0 aromatic carbocycles. The number of nitrogens with one attached hydrogen (secondary N) is 1. The van der Waals surface area contributed by atoms with E-state index in [4.69, 9.17) is 0 Å². The minimum absolute atomic E-state index is 0.416. The third-order valence-electron chi connectivity index (χ3n) is 3.81. The first-order chi connectivity index (χ1) is 8.22. The molecule has 4 heteroatoms. The van der Waals surface area contributed by atoms with Crippen molar-refractivity contribution in [2.45, 2.75) is 46.1 Å². The average molecular weight is 236 g/mol. The molecule has 17 heavy (non-hydrogen) atoms. The number of hydrogen-bond donors (Lipinski definition) is 1. The lowest BCUT2D eigenvalue weighted by Gasteiger charge is -2.36. The fraction of sp³-hybridized carbons (Fsp3) is 0.846. The van der Waals surface area contributed by atoms with Crippen LogP contribution in [0.15, 0.2) is 6.33 Å². The lowest BCUT2D eigenvalue weighted by molar-refractivity contribution is 0.167. The van der Waals surface area contributed by atoms with Gasteiger partial charge in [0.2, 0.25) is 0 Å². The summed E-state index contributed by atoms with van der Waals surface area (Å²) >= 11 is 0. The van der Waals surface area contributed by atoms with Crippen LogP contribution in [-0.4, -0.2) is 27.9 Å². The van der Waals surface area contributed by atoms with Gasteiger partial charge in [0.05, 0.1) is 0 Å². The second-order valence-electron chi connectivity index (χ2n) is 5.32. The summed E-state index contributed by atoms with van der Waals surface area (Å²) in [5.41, 5.74) is 0. The van der Waals surface area contributed by atoms with Crippen molar-refractivity contribution in [1.82, 2.24) is 20.1 Å². The van der Waals surface area contributed by atoms with Crippen LogP contribution in [0.2, 0.25) is 0 Å². The van der Waals surface area contributed by atoms with E-state index < -0.39 is 0 Å². The third kappa shape index (κ3) is 2.86. The van der Waals surface area contributed by atoms with E-state index in [1.807, 2.05) is 0 Å². The Kier molecular flexibility index (Phi) is 4.15. The van der Waals surface area contributed by atoms with Crippen LogP contribution in [0.1, 0.15) is 45.5 Å². The van der Waals surface area contributed by atoms with Gasteiger partial charge in [-0.3, -0.25) is 0 Å². The molecule has 0 aliphatic heterocycles. The van der Waals surface area contributed by atoms with Crippen molar-refractivity contribution in [3.63, 3.8) is 0 Å². The molecule has 0 saturated heterocycles. The lowest BCUT2D eigenvalue weighted by atomic mass is 9.71. The topological polar surface area (TPSA) is 42.7 Å². The van der Waals surface area contributed by atoms with Gasteiger partial charge in [-0.2, -0.15) is 5.10 Å². The Bertz CT molecular complexity index is 345. The Balaban J connectivity index is 1.90. The van der Waals surface area contributed by atoms with Gasteiger partial charge in [0.1, 0.15) is 12.2 Å². The molecule has 0 amide bonds. The maximum Gasteiger partial charge on any atom is 0.138 e. The largest absolute Gasteiger partial charge is 0.317 e. The van der Waals surface area contributed by atoms with Crippen molar-refractivity contribution < 1.29 is 0 Å². The second-order valence-corrected chi connectivity index (χ2v) is 5.32. The first kappa shape index (κ1) is 12.6. The number of hydrogen-bond acceptors (Lipinski definition) is 3. The molecule has 1 heterocycles. The van der Waals surface area contributed by atoms with Crippen LogP contribution in [0.25, 0.3) is 0 Å². The van der Waals surface area contributed by atoms with E-state index in [0.29, 0.717) is 6.04 Å². The Morgan fingerprint density at radius 2 is 2.18 bits per heavy atom. The third-order valence-corrected chi connectivity index (χ3v) is 3.81. The van der Waals surface area contributed by atoms with Crippen molar-refractivity contribution in [3.05, 3.63) is 12.2 Å². The minimum Gasteiger partial charge on any atom is -0.317 e. The molecule has 1 aromatic heterocycles. The second kappa shape index (κ2) is 5.63. The summed E-state index contributed by atoms with van der Waals surface area (Å²) in [6, 6.07) is 0.416. The van der Waals surface area contributed by atoms with Gasteiger partial charge in [-0.15, -0.1) is 0 Å². The number of rotatable bonds is 6. The quantitative estimate of drug-likeness (QED) is 0.822. The van der Waals surface area contributed by atoms with Crippen LogP contribution < -0.4 is 5.32 Å². The molecule has 1 saturated carbocycles. The molecule has 2 atom stereocenters.